The Hall–Kier alpha value is -4.43. The Morgan fingerprint density at radius 2 is 1.18 bits per heavy atom. The molecule has 0 aliphatic heterocycles. The van der Waals surface area contributed by atoms with Crippen LogP contribution in [0.1, 0.15) is 64.0 Å². The van der Waals surface area contributed by atoms with Crippen LogP contribution in [0.5, 0.6) is 11.5 Å². The molecule has 0 heterocycles. The molecule has 4 aromatic rings. The first-order valence-corrected chi connectivity index (χ1v) is 18.6. The highest BCUT2D eigenvalue weighted by Crippen LogP contribution is 2.48. The second-order valence-electron chi connectivity index (χ2n) is 11.4. The van der Waals surface area contributed by atoms with Crippen molar-refractivity contribution in [3.8, 4) is 33.8 Å². The van der Waals surface area contributed by atoms with Crippen molar-refractivity contribution in [3.05, 3.63) is 108 Å². The Balaban J connectivity index is 0.000000284. The van der Waals surface area contributed by atoms with E-state index in [1.54, 1.807) is 27.9 Å². The van der Waals surface area contributed by atoms with Gasteiger partial charge in [0.15, 0.2) is 0 Å². The maximum absolute atomic E-state index is 12.4. The molecule has 0 aromatic heterocycles. The van der Waals surface area contributed by atoms with Crippen LogP contribution in [0.15, 0.2) is 97.1 Å². The first kappa shape index (κ1) is 40.0. The van der Waals surface area contributed by atoms with E-state index in [1.165, 1.54) is 0 Å². The Morgan fingerprint density at radius 3 is 1.66 bits per heavy atom. The number of aliphatic carboxylic acids is 1. The highest BCUT2D eigenvalue weighted by molar-refractivity contribution is 7.53. The average Bonchev–Trinajstić information content (AvgIpc) is 3.13. The van der Waals surface area contributed by atoms with Crippen LogP contribution in [0, 0.1) is 0 Å². The van der Waals surface area contributed by atoms with Crippen molar-refractivity contribution in [2.24, 2.45) is 0 Å². The second kappa shape index (κ2) is 20.3. The molecule has 9 nitrogen and oxygen atoms in total. The molecule has 0 aliphatic carbocycles. The predicted molar refractivity (Wildman–Crippen MR) is 197 cm³/mol. The van der Waals surface area contributed by atoms with Crippen LogP contribution in [0.2, 0.25) is 0 Å². The minimum Gasteiger partial charge on any atom is -0.497 e. The first-order chi connectivity index (χ1) is 24.0. The van der Waals surface area contributed by atoms with E-state index in [2.05, 4.69) is 0 Å². The fourth-order valence-corrected chi connectivity index (χ4v) is 6.69. The average molecular weight is 705 g/mol. The van der Waals surface area contributed by atoms with Crippen LogP contribution >= 0.6 is 7.60 Å². The summed E-state index contributed by atoms with van der Waals surface area (Å²) in [6.07, 6.45) is 0.876. The summed E-state index contributed by atoms with van der Waals surface area (Å²) in [4.78, 5) is 22.9. The van der Waals surface area contributed by atoms with Gasteiger partial charge in [-0.3, -0.25) is 14.2 Å². The smallest absolute Gasteiger partial charge is 0.330 e. The lowest BCUT2D eigenvalue weighted by molar-refractivity contribution is -0.144. The lowest BCUT2D eigenvalue weighted by atomic mass is 9.97. The molecule has 50 heavy (non-hydrogen) atoms. The number of carboxylic acids is 1. The molecule has 2 unspecified atom stereocenters. The highest BCUT2D eigenvalue weighted by Gasteiger charge is 2.22. The van der Waals surface area contributed by atoms with E-state index in [9.17, 15) is 14.2 Å². The molecule has 2 atom stereocenters. The number of rotatable bonds is 17. The van der Waals surface area contributed by atoms with Gasteiger partial charge in [0.05, 0.1) is 51.5 Å². The van der Waals surface area contributed by atoms with Crippen molar-refractivity contribution in [1.29, 1.82) is 0 Å². The fraction of sp³-hybridized carbons (Fsp3) is 0.350. The third-order valence-corrected chi connectivity index (χ3v) is 10.1. The van der Waals surface area contributed by atoms with Crippen LogP contribution < -0.4 is 9.47 Å². The fourth-order valence-electron chi connectivity index (χ4n) is 5.05. The number of methoxy groups -OCH3 is 1. The van der Waals surface area contributed by atoms with Crippen molar-refractivity contribution >= 4 is 19.5 Å². The van der Waals surface area contributed by atoms with Crippen molar-refractivity contribution in [1.82, 2.24) is 0 Å². The number of ether oxygens (including phenoxy) is 3. The van der Waals surface area contributed by atoms with Crippen LogP contribution in [0.25, 0.3) is 22.3 Å². The molecule has 10 heteroatoms. The molecule has 4 aromatic carbocycles. The van der Waals surface area contributed by atoms with Crippen molar-refractivity contribution in [2.75, 3.05) is 39.7 Å². The summed E-state index contributed by atoms with van der Waals surface area (Å²) in [5.74, 6) is -0.269. The molecule has 0 saturated carbocycles. The monoisotopic (exact) mass is 704 g/mol. The molecule has 0 aliphatic rings. The second-order valence-corrected chi connectivity index (χ2v) is 13.6. The van der Waals surface area contributed by atoms with E-state index in [0.717, 1.165) is 39.1 Å². The molecule has 0 bridgehead atoms. The number of esters is 1. The van der Waals surface area contributed by atoms with Gasteiger partial charge in [0.2, 0.25) is 0 Å². The van der Waals surface area contributed by atoms with Gasteiger partial charge in [-0.2, -0.15) is 0 Å². The van der Waals surface area contributed by atoms with E-state index in [-0.39, 0.29) is 11.9 Å². The molecule has 268 valence electrons. The lowest BCUT2D eigenvalue weighted by Crippen LogP contribution is -2.12. The largest absolute Gasteiger partial charge is 0.497 e. The summed E-state index contributed by atoms with van der Waals surface area (Å²) in [5, 5.41) is 9.12. The number of hydrogen-bond donors (Lipinski definition) is 1. The van der Waals surface area contributed by atoms with Crippen molar-refractivity contribution in [2.45, 2.75) is 52.9 Å². The van der Waals surface area contributed by atoms with Gasteiger partial charge < -0.3 is 28.4 Å². The molecule has 4 rings (SSSR count). The van der Waals surface area contributed by atoms with Gasteiger partial charge in [0.25, 0.3) is 0 Å². The quantitative estimate of drug-likeness (QED) is 0.0651. The van der Waals surface area contributed by atoms with Gasteiger partial charge in [-0.25, -0.2) is 0 Å². The van der Waals surface area contributed by atoms with Gasteiger partial charge >= 0.3 is 19.5 Å². The zero-order chi connectivity index (χ0) is 36.5. The summed E-state index contributed by atoms with van der Waals surface area (Å²) in [6.45, 7) is 10.4. The Labute approximate surface area is 296 Å². The van der Waals surface area contributed by atoms with E-state index in [4.69, 9.17) is 28.4 Å². The van der Waals surface area contributed by atoms with E-state index in [1.807, 2.05) is 111 Å². The lowest BCUT2D eigenvalue weighted by Gasteiger charge is -2.17. The van der Waals surface area contributed by atoms with E-state index in [0.29, 0.717) is 44.8 Å². The van der Waals surface area contributed by atoms with Crippen LogP contribution in [-0.2, 0) is 27.9 Å². The summed E-state index contributed by atoms with van der Waals surface area (Å²) in [7, 11) is -1.38. The molecule has 0 amide bonds. The number of hydrogen-bond acceptors (Lipinski definition) is 8. The van der Waals surface area contributed by atoms with Gasteiger partial charge in [0, 0.05) is 0 Å². The normalized spacial score (nSPS) is 12.2. The van der Waals surface area contributed by atoms with Gasteiger partial charge in [0.1, 0.15) is 11.5 Å². The summed E-state index contributed by atoms with van der Waals surface area (Å²) in [6, 6.07) is 31.0. The molecule has 1 N–H and O–H groups in total. The van der Waals surface area contributed by atoms with Crippen molar-refractivity contribution < 1.29 is 42.5 Å². The van der Waals surface area contributed by atoms with Crippen LogP contribution in [-0.4, -0.2) is 56.7 Å². The van der Waals surface area contributed by atoms with E-state index < -0.39 is 19.5 Å². The standard InChI is InChI=1S/C22H29O6P.C18H20O3/c1-4-27-29(25,28-5-2)15-7-14-26-21-9-6-8-20(16-21)19-12-10-18(11-13-19)17(3)22(23)24;1-4-21-18(19)13(2)14-8-10-15(11-9-14)16-6-5-7-17(12-16)20-3/h6,8-13,16-17H,4-5,7,14-15H2,1-3H3,(H,23,24);5-13H,4H2,1-3H3. The van der Waals surface area contributed by atoms with Gasteiger partial charge in [-0.1, -0.05) is 72.8 Å². The molecular formula is C40H49O9P. The summed E-state index contributed by atoms with van der Waals surface area (Å²) >= 11 is 0. The Bertz CT molecular complexity index is 1680. The molecule has 0 radical (unpaired) electrons. The molecular weight excluding hydrogens is 655 g/mol. The van der Waals surface area contributed by atoms with Crippen molar-refractivity contribution in [3.63, 3.8) is 0 Å². The van der Waals surface area contributed by atoms with Gasteiger partial charge in [-0.05, 0) is 98.7 Å². The minimum atomic E-state index is -3.04. The topological polar surface area (TPSA) is 118 Å². The highest BCUT2D eigenvalue weighted by atomic mass is 31.2. The maximum atomic E-state index is 12.4. The maximum Gasteiger partial charge on any atom is 0.330 e. The number of carboxylic acid groups (broad SMARTS) is 1. The van der Waals surface area contributed by atoms with E-state index >= 15 is 0 Å². The Morgan fingerprint density at radius 1 is 0.680 bits per heavy atom. The van der Waals surface area contributed by atoms with Gasteiger partial charge in [-0.15, -0.1) is 0 Å². The summed E-state index contributed by atoms with van der Waals surface area (Å²) < 4.78 is 39.1. The number of benzene rings is 4. The molecule has 0 fully saturated rings. The third kappa shape index (κ3) is 12.2. The zero-order valence-corrected chi connectivity index (χ0v) is 30.7. The molecule has 0 saturated heterocycles. The summed E-state index contributed by atoms with van der Waals surface area (Å²) in [5.41, 5.74) is 5.86. The number of carbonyl (C=O) groups is 2. The first-order valence-electron chi connectivity index (χ1n) is 16.9. The van der Waals surface area contributed by atoms with Crippen LogP contribution in [0.4, 0.5) is 0 Å². The Kier molecular flexibility index (Phi) is 16.2. The predicted octanol–water partition coefficient (Wildman–Crippen LogP) is 9.61. The SMILES string of the molecule is CCOC(=O)C(C)c1ccc(-c2cccc(OC)c2)cc1.CCOP(=O)(CCCOc1cccc(-c2ccc(C(C)C(=O)O)cc2)c1)OCC. The third-order valence-electron chi connectivity index (χ3n) is 7.90. The number of carbonyl (C=O) groups excluding carboxylic acids is 1. The van der Waals surface area contributed by atoms with Crippen LogP contribution in [0.3, 0.4) is 0 Å². The molecule has 0 spiro atoms. The minimum absolute atomic E-state index is 0.188. The zero-order valence-electron chi connectivity index (χ0n) is 29.8.